The van der Waals surface area contributed by atoms with Gasteiger partial charge in [-0.2, -0.15) is 13.2 Å². The molecule has 1 heterocycles. The Balaban J connectivity index is 2.41. The summed E-state index contributed by atoms with van der Waals surface area (Å²) in [6.07, 6.45) is -3.24. The van der Waals surface area contributed by atoms with E-state index in [-0.39, 0.29) is 15.9 Å². The molecule has 0 saturated carbocycles. The zero-order chi connectivity index (χ0) is 14.9. The van der Waals surface area contributed by atoms with E-state index < -0.39 is 11.7 Å². The molecule has 0 bridgehead atoms. The van der Waals surface area contributed by atoms with Crippen LogP contribution < -0.4 is 5.32 Å². The molecule has 2 aromatic rings. The molecule has 0 aliphatic heterocycles. The van der Waals surface area contributed by atoms with Gasteiger partial charge in [0.2, 0.25) is 0 Å². The van der Waals surface area contributed by atoms with Gasteiger partial charge in [-0.3, -0.25) is 0 Å². The number of rotatable bonds is 2. The summed E-state index contributed by atoms with van der Waals surface area (Å²) in [5.74, 6) is 0.297. The molecule has 2 rings (SSSR count). The van der Waals surface area contributed by atoms with Crippen molar-refractivity contribution < 1.29 is 13.2 Å². The van der Waals surface area contributed by atoms with Crippen molar-refractivity contribution in [3.63, 3.8) is 0 Å². The van der Waals surface area contributed by atoms with E-state index in [1.54, 1.807) is 6.92 Å². The number of nitrogens with zero attached hydrogens (tertiary/aromatic N) is 2. The van der Waals surface area contributed by atoms with E-state index >= 15 is 0 Å². The van der Waals surface area contributed by atoms with Crippen molar-refractivity contribution in [3.05, 3.63) is 45.8 Å². The molecule has 0 unspecified atom stereocenters. The molecule has 0 aliphatic carbocycles. The number of anilines is 2. The zero-order valence-corrected chi connectivity index (χ0v) is 11.6. The fourth-order valence-corrected chi connectivity index (χ4v) is 1.78. The molecule has 3 nitrogen and oxygen atoms in total. The van der Waals surface area contributed by atoms with Gasteiger partial charge in [0.25, 0.3) is 0 Å². The van der Waals surface area contributed by atoms with Gasteiger partial charge in [-0.1, -0.05) is 23.2 Å². The molecular formula is C12H8Cl2F3N3. The zero-order valence-electron chi connectivity index (χ0n) is 10.1. The molecule has 1 aromatic carbocycles. The molecule has 0 radical (unpaired) electrons. The number of hydrogen-bond donors (Lipinski definition) is 1. The van der Waals surface area contributed by atoms with E-state index in [4.69, 9.17) is 23.2 Å². The number of benzene rings is 1. The summed E-state index contributed by atoms with van der Waals surface area (Å²) in [6, 6.07) is 3.00. The first-order valence-electron chi connectivity index (χ1n) is 5.40. The van der Waals surface area contributed by atoms with Gasteiger partial charge < -0.3 is 5.32 Å². The van der Waals surface area contributed by atoms with E-state index in [1.165, 1.54) is 12.4 Å². The minimum absolute atomic E-state index is 0.0966. The second-order valence-electron chi connectivity index (χ2n) is 3.96. The van der Waals surface area contributed by atoms with Crippen LogP contribution in [0.5, 0.6) is 0 Å². The van der Waals surface area contributed by atoms with Crippen LogP contribution in [0.25, 0.3) is 0 Å². The minimum atomic E-state index is -4.45. The highest BCUT2D eigenvalue weighted by molar-refractivity contribution is 6.33. The standard InChI is InChI=1S/C12H8Cl2F3N3/c1-6-10(14)18-5-19-11(6)20-9-4-7(12(15,16)17)2-3-8(9)13/h2-5H,1H3,(H,18,19,20). The lowest BCUT2D eigenvalue weighted by Crippen LogP contribution is -2.06. The fourth-order valence-electron chi connectivity index (χ4n) is 1.48. The van der Waals surface area contributed by atoms with Gasteiger partial charge in [0.1, 0.15) is 17.3 Å². The molecule has 0 saturated heterocycles. The van der Waals surface area contributed by atoms with Crippen molar-refractivity contribution >= 4 is 34.7 Å². The number of nitrogens with one attached hydrogen (secondary N) is 1. The monoisotopic (exact) mass is 321 g/mol. The number of alkyl halides is 3. The fraction of sp³-hybridized carbons (Fsp3) is 0.167. The maximum atomic E-state index is 12.7. The van der Waals surface area contributed by atoms with Crippen molar-refractivity contribution in [2.75, 3.05) is 5.32 Å². The average molecular weight is 322 g/mol. The summed E-state index contributed by atoms with van der Waals surface area (Å²) in [6.45, 7) is 1.65. The van der Waals surface area contributed by atoms with Crippen molar-refractivity contribution in [3.8, 4) is 0 Å². The van der Waals surface area contributed by atoms with Crippen LogP contribution in [-0.2, 0) is 6.18 Å². The molecule has 1 aromatic heterocycles. The second-order valence-corrected chi connectivity index (χ2v) is 4.72. The van der Waals surface area contributed by atoms with E-state index in [9.17, 15) is 13.2 Å². The second kappa shape index (κ2) is 5.46. The Bertz CT molecular complexity index is 644. The third-order valence-electron chi connectivity index (χ3n) is 2.57. The summed E-state index contributed by atoms with van der Waals surface area (Å²) in [5, 5.41) is 3.09. The molecule has 1 N–H and O–H groups in total. The molecular weight excluding hydrogens is 314 g/mol. The third-order valence-corrected chi connectivity index (χ3v) is 3.28. The molecule has 0 atom stereocenters. The Morgan fingerprint density at radius 1 is 1.15 bits per heavy atom. The van der Waals surface area contributed by atoms with Crippen LogP contribution in [0.4, 0.5) is 24.7 Å². The molecule has 0 spiro atoms. The molecule has 8 heteroatoms. The predicted molar refractivity (Wildman–Crippen MR) is 71.5 cm³/mol. The van der Waals surface area contributed by atoms with Gasteiger partial charge in [-0.25, -0.2) is 9.97 Å². The van der Waals surface area contributed by atoms with Crippen molar-refractivity contribution in [2.45, 2.75) is 13.1 Å². The summed E-state index contributed by atoms with van der Waals surface area (Å²) < 4.78 is 38.0. The van der Waals surface area contributed by atoms with E-state index in [1.807, 2.05) is 0 Å². The molecule has 0 fully saturated rings. The van der Waals surface area contributed by atoms with Crippen molar-refractivity contribution in [2.24, 2.45) is 0 Å². The normalized spacial score (nSPS) is 11.5. The van der Waals surface area contributed by atoms with Gasteiger partial charge >= 0.3 is 6.18 Å². The Morgan fingerprint density at radius 2 is 1.85 bits per heavy atom. The first-order valence-corrected chi connectivity index (χ1v) is 6.15. The lowest BCUT2D eigenvalue weighted by atomic mass is 10.2. The highest BCUT2D eigenvalue weighted by Gasteiger charge is 2.31. The quantitative estimate of drug-likeness (QED) is 0.803. The Kier molecular flexibility index (Phi) is 4.06. The first kappa shape index (κ1) is 14.9. The summed E-state index contributed by atoms with van der Waals surface area (Å²) >= 11 is 11.7. The van der Waals surface area contributed by atoms with Crippen LogP contribution in [0.2, 0.25) is 10.2 Å². The third kappa shape index (κ3) is 3.13. The SMILES string of the molecule is Cc1c(Cl)ncnc1Nc1cc(C(F)(F)F)ccc1Cl. The maximum absolute atomic E-state index is 12.7. The molecule has 0 amide bonds. The summed E-state index contributed by atoms with van der Waals surface area (Å²) in [4.78, 5) is 7.68. The summed E-state index contributed by atoms with van der Waals surface area (Å²) in [5.41, 5.74) is -0.191. The van der Waals surface area contributed by atoms with Crippen molar-refractivity contribution in [1.82, 2.24) is 9.97 Å². The first-order chi connectivity index (χ1) is 9.29. The van der Waals surface area contributed by atoms with Crippen LogP contribution in [0.1, 0.15) is 11.1 Å². The van der Waals surface area contributed by atoms with Gasteiger partial charge in [-0.05, 0) is 25.1 Å². The van der Waals surface area contributed by atoms with E-state index in [0.29, 0.717) is 11.4 Å². The number of hydrogen-bond acceptors (Lipinski definition) is 3. The van der Waals surface area contributed by atoms with Gasteiger partial charge in [-0.15, -0.1) is 0 Å². The van der Waals surface area contributed by atoms with Crippen LogP contribution in [-0.4, -0.2) is 9.97 Å². The highest BCUT2D eigenvalue weighted by atomic mass is 35.5. The molecule has 20 heavy (non-hydrogen) atoms. The topological polar surface area (TPSA) is 37.8 Å². The van der Waals surface area contributed by atoms with E-state index in [0.717, 1.165) is 12.1 Å². The Morgan fingerprint density at radius 3 is 2.50 bits per heavy atom. The Hall–Kier alpha value is -1.53. The minimum Gasteiger partial charge on any atom is -0.339 e. The van der Waals surface area contributed by atoms with Gasteiger partial charge in [0.05, 0.1) is 16.3 Å². The smallest absolute Gasteiger partial charge is 0.339 e. The number of halogens is 5. The van der Waals surface area contributed by atoms with Crippen LogP contribution >= 0.6 is 23.2 Å². The van der Waals surface area contributed by atoms with Crippen molar-refractivity contribution in [1.29, 1.82) is 0 Å². The van der Waals surface area contributed by atoms with Gasteiger partial charge in [0, 0.05) is 5.56 Å². The number of aromatic nitrogens is 2. The maximum Gasteiger partial charge on any atom is 0.416 e. The lowest BCUT2D eigenvalue weighted by molar-refractivity contribution is -0.137. The average Bonchev–Trinajstić information content (AvgIpc) is 2.36. The van der Waals surface area contributed by atoms with Crippen LogP contribution in [0, 0.1) is 6.92 Å². The summed E-state index contributed by atoms with van der Waals surface area (Å²) in [7, 11) is 0. The van der Waals surface area contributed by atoms with E-state index in [2.05, 4.69) is 15.3 Å². The molecule has 106 valence electrons. The molecule has 0 aliphatic rings. The van der Waals surface area contributed by atoms with Crippen LogP contribution in [0.3, 0.4) is 0 Å². The Labute approximate surface area is 122 Å². The van der Waals surface area contributed by atoms with Crippen LogP contribution in [0.15, 0.2) is 24.5 Å². The largest absolute Gasteiger partial charge is 0.416 e. The van der Waals surface area contributed by atoms with Gasteiger partial charge in [0.15, 0.2) is 0 Å². The predicted octanol–water partition coefficient (Wildman–Crippen LogP) is 4.85. The lowest BCUT2D eigenvalue weighted by Gasteiger charge is -2.13. The highest BCUT2D eigenvalue weighted by Crippen LogP contribution is 2.35.